The first-order valence-corrected chi connectivity index (χ1v) is 19.7. The second kappa shape index (κ2) is 12.9. The van der Waals surface area contributed by atoms with E-state index in [1.807, 2.05) is 66.2 Å². The normalized spacial score (nSPS) is 11.6. The molecule has 55 heavy (non-hydrogen) atoms. The van der Waals surface area contributed by atoms with Crippen LogP contribution in [0, 0.1) is 0 Å². The second-order valence-corrected chi connectivity index (χ2v) is 15.3. The molecule has 0 spiro atoms. The molecule has 8 heteroatoms. The highest BCUT2D eigenvalue weighted by Crippen LogP contribution is 2.38. The Balaban J connectivity index is 0.966. The first-order chi connectivity index (χ1) is 27.2. The minimum absolute atomic E-state index is 0.617. The quantitative estimate of drug-likeness (QED) is 0.170. The molecule has 0 aliphatic rings. The average molecular weight is 741 g/mol. The summed E-state index contributed by atoms with van der Waals surface area (Å²) in [4.78, 5) is 24.5. The maximum Gasteiger partial charge on any atom is 0.164 e. The van der Waals surface area contributed by atoms with Crippen molar-refractivity contribution < 1.29 is 0 Å². The standard InChI is InChI=1S/C47H28N6S2/c1-3-10-29(11-4-1)44-50-45(30-12-5-2-6-13-30)52-46(51-44)33-19-22-43-39(26-33)49-47(55-43)34-15-9-14-31(24-34)32-18-21-41-37(25-32)36-16-7-8-17-40(36)53(41)35-20-23-42-38(27-35)48-28-54-42/h1-28H. The van der Waals surface area contributed by atoms with Gasteiger partial charge in [0.05, 0.1) is 37.0 Å². The maximum atomic E-state index is 5.15. The zero-order chi connectivity index (χ0) is 36.3. The number of rotatable bonds is 6. The van der Waals surface area contributed by atoms with Crippen molar-refractivity contribution in [2.75, 3.05) is 0 Å². The van der Waals surface area contributed by atoms with Crippen LogP contribution >= 0.6 is 22.7 Å². The van der Waals surface area contributed by atoms with Gasteiger partial charge in [-0.2, -0.15) is 0 Å². The highest BCUT2D eigenvalue weighted by Gasteiger charge is 2.17. The highest BCUT2D eigenvalue weighted by atomic mass is 32.1. The van der Waals surface area contributed by atoms with Crippen molar-refractivity contribution in [3.8, 4) is 61.5 Å². The van der Waals surface area contributed by atoms with Crippen molar-refractivity contribution in [3.63, 3.8) is 0 Å². The fourth-order valence-electron chi connectivity index (χ4n) is 7.38. The third kappa shape index (κ3) is 5.58. The molecule has 258 valence electrons. The van der Waals surface area contributed by atoms with Crippen LogP contribution in [0.1, 0.15) is 0 Å². The van der Waals surface area contributed by atoms with E-state index in [4.69, 9.17) is 19.9 Å². The molecule has 11 rings (SSSR count). The van der Waals surface area contributed by atoms with E-state index in [-0.39, 0.29) is 0 Å². The fourth-order valence-corrected chi connectivity index (χ4v) is 8.98. The van der Waals surface area contributed by atoms with Crippen molar-refractivity contribution in [3.05, 3.63) is 169 Å². The van der Waals surface area contributed by atoms with E-state index in [0.717, 1.165) is 59.8 Å². The first kappa shape index (κ1) is 31.6. The lowest BCUT2D eigenvalue weighted by molar-refractivity contribution is 1.07. The van der Waals surface area contributed by atoms with Gasteiger partial charge in [-0.15, -0.1) is 22.7 Å². The van der Waals surface area contributed by atoms with Gasteiger partial charge in [0.25, 0.3) is 0 Å². The molecule has 0 aliphatic carbocycles. The van der Waals surface area contributed by atoms with E-state index < -0.39 is 0 Å². The van der Waals surface area contributed by atoms with E-state index in [1.165, 1.54) is 26.5 Å². The molecule has 6 nitrogen and oxygen atoms in total. The summed E-state index contributed by atoms with van der Waals surface area (Å²) in [6.07, 6.45) is 0. The number of aromatic nitrogens is 6. The van der Waals surface area contributed by atoms with Gasteiger partial charge in [0, 0.05) is 38.7 Å². The van der Waals surface area contributed by atoms with E-state index in [9.17, 15) is 0 Å². The molecule has 0 saturated heterocycles. The Labute approximate surface area is 323 Å². The van der Waals surface area contributed by atoms with Gasteiger partial charge in [-0.05, 0) is 71.8 Å². The highest BCUT2D eigenvalue weighted by molar-refractivity contribution is 7.21. The zero-order valence-corrected chi connectivity index (χ0v) is 30.8. The predicted octanol–water partition coefficient (Wildman–Crippen LogP) is 12.5. The number of hydrogen-bond donors (Lipinski definition) is 0. The third-order valence-corrected chi connectivity index (χ3v) is 11.9. The summed E-state index contributed by atoms with van der Waals surface area (Å²) in [6.45, 7) is 0. The summed E-state index contributed by atoms with van der Waals surface area (Å²) in [5, 5.41) is 3.41. The number of fused-ring (bicyclic) bond motifs is 5. The van der Waals surface area contributed by atoms with E-state index in [0.29, 0.717) is 17.5 Å². The van der Waals surface area contributed by atoms with Gasteiger partial charge in [-0.25, -0.2) is 24.9 Å². The van der Waals surface area contributed by atoms with Gasteiger partial charge >= 0.3 is 0 Å². The van der Waals surface area contributed by atoms with Gasteiger partial charge < -0.3 is 4.57 Å². The van der Waals surface area contributed by atoms with Crippen molar-refractivity contribution in [2.24, 2.45) is 0 Å². The molecular weight excluding hydrogens is 713 g/mol. The summed E-state index contributed by atoms with van der Waals surface area (Å²) in [5.74, 6) is 1.90. The molecule has 4 aromatic heterocycles. The molecule has 0 N–H and O–H groups in total. The van der Waals surface area contributed by atoms with Gasteiger partial charge in [0.15, 0.2) is 17.5 Å². The molecule has 0 aliphatic heterocycles. The van der Waals surface area contributed by atoms with E-state index in [2.05, 4.69) is 113 Å². The van der Waals surface area contributed by atoms with Gasteiger partial charge in [0.2, 0.25) is 0 Å². The van der Waals surface area contributed by atoms with Crippen LogP contribution < -0.4 is 0 Å². The molecular formula is C47H28N6S2. The van der Waals surface area contributed by atoms with Crippen molar-refractivity contribution in [2.45, 2.75) is 0 Å². The molecule has 0 bridgehead atoms. The Hall–Kier alpha value is -6.87. The molecule has 7 aromatic carbocycles. The lowest BCUT2D eigenvalue weighted by Crippen LogP contribution is -2.00. The van der Waals surface area contributed by atoms with Crippen LogP contribution in [0.3, 0.4) is 0 Å². The van der Waals surface area contributed by atoms with Crippen molar-refractivity contribution in [1.82, 2.24) is 29.5 Å². The van der Waals surface area contributed by atoms with Crippen LogP contribution in [0.5, 0.6) is 0 Å². The van der Waals surface area contributed by atoms with Crippen molar-refractivity contribution in [1.29, 1.82) is 0 Å². The summed E-state index contributed by atoms with van der Waals surface area (Å²) < 4.78 is 4.65. The molecule has 0 amide bonds. The molecule has 0 atom stereocenters. The van der Waals surface area contributed by atoms with Crippen LogP contribution in [0.25, 0.3) is 104 Å². The van der Waals surface area contributed by atoms with Gasteiger partial charge in [0.1, 0.15) is 5.01 Å². The first-order valence-electron chi connectivity index (χ1n) is 18.0. The summed E-state index contributed by atoms with van der Waals surface area (Å²) in [7, 11) is 0. The Kier molecular flexibility index (Phi) is 7.43. The fraction of sp³-hybridized carbons (Fsp3) is 0. The van der Waals surface area contributed by atoms with Crippen LogP contribution in [0.4, 0.5) is 0 Å². The van der Waals surface area contributed by atoms with E-state index >= 15 is 0 Å². The minimum Gasteiger partial charge on any atom is -0.309 e. The van der Waals surface area contributed by atoms with E-state index in [1.54, 1.807) is 22.7 Å². The average Bonchev–Trinajstić information content (AvgIpc) is 3.99. The molecule has 0 unspecified atom stereocenters. The summed E-state index contributed by atoms with van der Waals surface area (Å²) in [6, 6.07) is 57.1. The Bertz CT molecular complexity index is 3160. The molecule has 0 saturated carbocycles. The maximum absolute atomic E-state index is 5.15. The molecule has 4 heterocycles. The van der Waals surface area contributed by atoms with Crippen molar-refractivity contribution >= 4 is 64.9 Å². The Morgan fingerprint density at radius 2 is 1.04 bits per heavy atom. The van der Waals surface area contributed by atoms with Crippen LogP contribution in [-0.2, 0) is 0 Å². The van der Waals surface area contributed by atoms with Gasteiger partial charge in [-0.3, -0.25) is 0 Å². The number of para-hydroxylation sites is 1. The van der Waals surface area contributed by atoms with Gasteiger partial charge in [-0.1, -0.05) is 103 Å². The Morgan fingerprint density at radius 1 is 0.400 bits per heavy atom. The topological polar surface area (TPSA) is 69.4 Å². The molecule has 11 aromatic rings. The summed E-state index contributed by atoms with van der Waals surface area (Å²) >= 11 is 3.36. The Morgan fingerprint density at radius 3 is 1.84 bits per heavy atom. The van der Waals surface area contributed by atoms with Crippen LogP contribution in [0.2, 0.25) is 0 Å². The molecule has 0 radical (unpaired) electrons. The van der Waals surface area contributed by atoms with Crippen LogP contribution in [-0.4, -0.2) is 29.5 Å². The number of nitrogens with zero attached hydrogens (tertiary/aromatic N) is 6. The zero-order valence-electron chi connectivity index (χ0n) is 29.2. The molecule has 0 fully saturated rings. The SMILES string of the molecule is c1ccc(-c2nc(-c3ccccc3)nc(-c3ccc4sc(-c5cccc(-c6ccc7c(c6)c6ccccc6n7-c6ccc7scnc7c6)c5)nc4c3)n2)cc1. The lowest BCUT2D eigenvalue weighted by Gasteiger charge is -2.09. The largest absolute Gasteiger partial charge is 0.309 e. The number of hydrogen-bond acceptors (Lipinski definition) is 7. The smallest absolute Gasteiger partial charge is 0.164 e. The van der Waals surface area contributed by atoms with Crippen LogP contribution in [0.15, 0.2) is 169 Å². The monoisotopic (exact) mass is 740 g/mol. The summed E-state index contributed by atoms with van der Waals surface area (Å²) in [5.41, 5.74) is 13.5. The third-order valence-electron chi connectivity index (χ3n) is 10.0. The number of thiazole rings is 2. The number of benzene rings is 7. The second-order valence-electron chi connectivity index (χ2n) is 13.4. The predicted molar refractivity (Wildman–Crippen MR) is 228 cm³/mol. The lowest BCUT2D eigenvalue weighted by atomic mass is 10.0. The minimum atomic E-state index is 0.617.